The lowest BCUT2D eigenvalue weighted by Crippen LogP contribution is -2.45. The fourth-order valence-electron chi connectivity index (χ4n) is 3.65. The van der Waals surface area contributed by atoms with E-state index in [9.17, 15) is 18.0 Å². The molecule has 1 aromatic carbocycles. The smallest absolute Gasteiger partial charge is 0.355 e. The molecule has 3 rings (SSSR count). The van der Waals surface area contributed by atoms with Gasteiger partial charge in [-0.25, -0.2) is 0 Å². The van der Waals surface area contributed by atoms with E-state index in [1.165, 1.54) is 4.90 Å². The number of hydrogen-bond donors (Lipinski definition) is 1. The average Bonchev–Trinajstić information content (AvgIpc) is 3.34. The van der Waals surface area contributed by atoms with Crippen molar-refractivity contribution in [2.45, 2.75) is 37.3 Å². The lowest BCUT2D eigenvalue weighted by molar-refractivity contribution is -0.149. The summed E-state index contributed by atoms with van der Waals surface area (Å²) in [6, 6.07) is 9.73. The average molecular weight is 340 g/mol. The van der Waals surface area contributed by atoms with Gasteiger partial charge in [0.2, 0.25) is 5.91 Å². The maximum Gasteiger partial charge on any atom is 0.401 e. The first-order valence-corrected chi connectivity index (χ1v) is 8.52. The molecule has 1 atom stereocenters. The Morgan fingerprint density at radius 3 is 2.58 bits per heavy atom. The molecule has 2 aliphatic rings. The molecule has 0 aromatic heterocycles. The molecule has 2 fully saturated rings. The van der Waals surface area contributed by atoms with E-state index >= 15 is 0 Å². The summed E-state index contributed by atoms with van der Waals surface area (Å²) in [4.78, 5) is 14.0. The molecule has 0 radical (unpaired) electrons. The Balaban J connectivity index is 1.51. The van der Waals surface area contributed by atoms with Crippen LogP contribution in [0.25, 0.3) is 0 Å². The molecule has 132 valence electrons. The number of nitrogens with one attached hydrogen (secondary N) is 1. The van der Waals surface area contributed by atoms with Gasteiger partial charge in [0.1, 0.15) is 0 Å². The largest absolute Gasteiger partial charge is 0.401 e. The summed E-state index contributed by atoms with van der Waals surface area (Å²) in [6.45, 7) is 0.489. The standard InChI is InChI=1S/C18H23F3N2O/c19-18(20,21)13-23-10-4-5-14(12-23)11-22-16(24)17(8-9-17)15-6-2-1-3-7-15/h1-3,6-7,14H,4-5,8-13H2,(H,22,24). The Morgan fingerprint density at radius 1 is 1.25 bits per heavy atom. The second kappa shape index (κ2) is 6.75. The number of hydrogen-bond acceptors (Lipinski definition) is 2. The molecule has 1 amide bonds. The van der Waals surface area contributed by atoms with Gasteiger partial charge in [-0.1, -0.05) is 30.3 Å². The third-order valence-corrected chi connectivity index (χ3v) is 5.07. The van der Waals surface area contributed by atoms with Gasteiger partial charge >= 0.3 is 6.18 Å². The number of piperidine rings is 1. The Labute approximate surface area is 140 Å². The van der Waals surface area contributed by atoms with Crippen LogP contribution in [0.15, 0.2) is 30.3 Å². The van der Waals surface area contributed by atoms with Crippen molar-refractivity contribution in [3.05, 3.63) is 35.9 Å². The van der Waals surface area contributed by atoms with E-state index in [1.807, 2.05) is 30.3 Å². The Kier molecular flexibility index (Phi) is 4.85. The second-order valence-electron chi connectivity index (χ2n) is 7.02. The predicted molar refractivity (Wildman–Crippen MR) is 85.6 cm³/mol. The van der Waals surface area contributed by atoms with Gasteiger partial charge in [-0.15, -0.1) is 0 Å². The lowest BCUT2D eigenvalue weighted by Gasteiger charge is -2.33. The zero-order chi connectivity index (χ0) is 17.2. The second-order valence-corrected chi connectivity index (χ2v) is 7.02. The predicted octanol–water partition coefficient (Wildman–Crippen LogP) is 3.11. The number of rotatable bonds is 5. The van der Waals surface area contributed by atoms with Crippen molar-refractivity contribution in [2.75, 3.05) is 26.2 Å². The van der Waals surface area contributed by atoms with Gasteiger partial charge in [0.05, 0.1) is 12.0 Å². The number of amides is 1. The van der Waals surface area contributed by atoms with Crippen molar-refractivity contribution in [1.29, 1.82) is 0 Å². The van der Waals surface area contributed by atoms with Crippen LogP contribution < -0.4 is 5.32 Å². The highest BCUT2D eigenvalue weighted by atomic mass is 19.4. The normalized spacial score (nSPS) is 23.7. The number of nitrogens with zero attached hydrogens (tertiary/aromatic N) is 1. The van der Waals surface area contributed by atoms with Crippen molar-refractivity contribution < 1.29 is 18.0 Å². The van der Waals surface area contributed by atoms with E-state index in [2.05, 4.69) is 5.32 Å². The fraction of sp³-hybridized carbons (Fsp3) is 0.611. The summed E-state index contributed by atoms with van der Waals surface area (Å²) in [7, 11) is 0. The first-order valence-electron chi connectivity index (χ1n) is 8.52. The van der Waals surface area contributed by atoms with Crippen LogP contribution in [0.1, 0.15) is 31.2 Å². The number of halogens is 3. The van der Waals surface area contributed by atoms with E-state index in [-0.39, 0.29) is 11.8 Å². The Hall–Kier alpha value is -1.56. The molecule has 24 heavy (non-hydrogen) atoms. The highest BCUT2D eigenvalue weighted by Gasteiger charge is 2.51. The maximum atomic E-state index is 12.6. The molecule has 0 spiro atoms. The van der Waals surface area contributed by atoms with Crippen LogP contribution in [0.5, 0.6) is 0 Å². The summed E-state index contributed by atoms with van der Waals surface area (Å²) >= 11 is 0. The van der Waals surface area contributed by atoms with Crippen molar-refractivity contribution >= 4 is 5.91 Å². The molecule has 3 nitrogen and oxygen atoms in total. The first kappa shape index (κ1) is 17.3. The minimum absolute atomic E-state index is 0.0154. The van der Waals surface area contributed by atoms with Gasteiger partial charge in [0.15, 0.2) is 0 Å². The summed E-state index contributed by atoms with van der Waals surface area (Å²) in [5.41, 5.74) is 0.617. The molecular weight excluding hydrogens is 317 g/mol. The summed E-state index contributed by atoms with van der Waals surface area (Å²) in [5, 5.41) is 2.99. The third-order valence-electron chi connectivity index (χ3n) is 5.07. The van der Waals surface area contributed by atoms with Gasteiger partial charge in [0, 0.05) is 13.1 Å². The third kappa shape index (κ3) is 4.09. The number of carbonyl (C=O) groups is 1. The van der Waals surface area contributed by atoms with Crippen molar-refractivity contribution in [2.24, 2.45) is 5.92 Å². The van der Waals surface area contributed by atoms with Gasteiger partial charge in [-0.05, 0) is 43.7 Å². The first-order chi connectivity index (χ1) is 11.4. The molecule has 6 heteroatoms. The van der Waals surface area contributed by atoms with Crippen LogP contribution in [0.4, 0.5) is 13.2 Å². The highest BCUT2D eigenvalue weighted by molar-refractivity contribution is 5.91. The molecule has 1 saturated heterocycles. The van der Waals surface area contributed by atoms with Gasteiger partial charge in [-0.2, -0.15) is 13.2 Å². The molecule has 1 aliphatic carbocycles. The molecule has 1 saturated carbocycles. The van der Waals surface area contributed by atoms with Crippen LogP contribution >= 0.6 is 0 Å². The van der Waals surface area contributed by atoms with Gasteiger partial charge < -0.3 is 5.32 Å². The minimum atomic E-state index is -4.16. The SMILES string of the molecule is O=C(NCC1CCCN(CC(F)(F)F)C1)C1(c2ccccc2)CC1. The molecule has 1 unspecified atom stereocenters. The van der Waals surface area contributed by atoms with E-state index < -0.39 is 18.1 Å². The molecular formula is C18H23F3N2O. The molecule has 1 aromatic rings. The van der Waals surface area contributed by atoms with Crippen LogP contribution in [0.2, 0.25) is 0 Å². The number of likely N-dealkylation sites (tertiary alicyclic amines) is 1. The zero-order valence-corrected chi connectivity index (χ0v) is 13.6. The van der Waals surface area contributed by atoms with Crippen molar-refractivity contribution in [3.8, 4) is 0 Å². The summed E-state index contributed by atoms with van der Waals surface area (Å²) in [6.07, 6.45) is -0.856. The maximum absolute atomic E-state index is 12.6. The molecule has 1 heterocycles. The van der Waals surface area contributed by atoms with Crippen LogP contribution in [0.3, 0.4) is 0 Å². The molecule has 1 aliphatic heterocycles. The number of carbonyl (C=O) groups excluding carboxylic acids is 1. The number of alkyl halides is 3. The fourth-order valence-corrected chi connectivity index (χ4v) is 3.65. The lowest BCUT2D eigenvalue weighted by atomic mass is 9.94. The monoisotopic (exact) mass is 340 g/mol. The highest BCUT2D eigenvalue weighted by Crippen LogP contribution is 2.48. The number of benzene rings is 1. The van der Waals surface area contributed by atoms with Gasteiger partial charge in [-0.3, -0.25) is 9.69 Å². The summed E-state index contributed by atoms with van der Waals surface area (Å²) in [5.74, 6) is 0.110. The van der Waals surface area contributed by atoms with E-state index in [0.29, 0.717) is 19.6 Å². The zero-order valence-electron chi connectivity index (χ0n) is 13.6. The Morgan fingerprint density at radius 2 is 1.96 bits per heavy atom. The van der Waals surface area contributed by atoms with Crippen molar-refractivity contribution in [1.82, 2.24) is 10.2 Å². The molecule has 1 N–H and O–H groups in total. The topological polar surface area (TPSA) is 32.3 Å². The van der Waals surface area contributed by atoms with Gasteiger partial charge in [0.25, 0.3) is 0 Å². The Bertz CT molecular complexity index is 569. The van der Waals surface area contributed by atoms with E-state index in [0.717, 1.165) is 31.2 Å². The van der Waals surface area contributed by atoms with Crippen LogP contribution in [0, 0.1) is 5.92 Å². The minimum Gasteiger partial charge on any atom is -0.355 e. The van der Waals surface area contributed by atoms with Crippen LogP contribution in [-0.2, 0) is 10.2 Å². The quantitative estimate of drug-likeness (QED) is 0.893. The van der Waals surface area contributed by atoms with Crippen LogP contribution in [-0.4, -0.2) is 43.2 Å². The van der Waals surface area contributed by atoms with E-state index in [1.54, 1.807) is 0 Å². The van der Waals surface area contributed by atoms with E-state index in [4.69, 9.17) is 0 Å². The van der Waals surface area contributed by atoms with Crippen molar-refractivity contribution in [3.63, 3.8) is 0 Å². The summed E-state index contributed by atoms with van der Waals surface area (Å²) < 4.78 is 37.6. The molecule has 0 bridgehead atoms.